The lowest BCUT2D eigenvalue weighted by atomic mass is 10.2. The molecule has 1 saturated heterocycles. The molecule has 4 rings (SSSR count). The van der Waals surface area contributed by atoms with Gasteiger partial charge in [0, 0.05) is 56.2 Å². The van der Waals surface area contributed by atoms with Gasteiger partial charge in [-0.3, -0.25) is 5.32 Å². The van der Waals surface area contributed by atoms with Gasteiger partial charge in [-0.15, -0.1) is 0 Å². The molecule has 1 aliphatic heterocycles. The highest BCUT2D eigenvalue weighted by molar-refractivity contribution is 5.90. The largest absolute Gasteiger partial charge is 0.369 e. The van der Waals surface area contributed by atoms with E-state index in [2.05, 4.69) is 53.3 Å². The summed E-state index contributed by atoms with van der Waals surface area (Å²) in [6.07, 6.45) is 1.74. The van der Waals surface area contributed by atoms with Crippen LogP contribution < -0.4 is 26.2 Å². The van der Waals surface area contributed by atoms with Crippen molar-refractivity contribution in [2.45, 2.75) is 6.92 Å². The molecule has 0 atom stereocenters. The molecule has 1 aromatic carbocycles. The van der Waals surface area contributed by atoms with Crippen molar-refractivity contribution in [1.29, 1.82) is 0 Å². The highest BCUT2D eigenvalue weighted by Gasteiger charge is 2.11. The highest BCUT2D eigenvalue weighted by atomic mass is 16.2. The van der Waals surface area contributed by atoms with Gasteiger partial charge in [-0.1, -0.05) is 0 Å². The number of aryl methyl sites for hydroxylation is 1. The Bertz CT molecular complexity index is 1010. The number of carbonyl (C=O) groups is 1. The van der Waals surface area contributed by atoms with Gasteiger partial charge in [0.05, 0.1) is 0 Å². The van der Waals surface area contributed by atoms with E-state index in [9.17, 15) is 4.79 Å². The molecule has 0 bridgehead atoms. The fourth-order valence-electron chi connectivity index (χ4n) is 3.28. The average Bonchev–Trinajstić information content (AvgIpc) is 2.74. The number of anilines is 4. The number of pyridine rings is 1. The van der Waals surface area contributed by atoms with Crippen LogP contribution in [0.3, 0.4) is 0 Å². The van der Waals surface area contributed by atoms with Crippen molar-refractivity contribution in [3.63, 3.8) is 0 Å². The number of nitrogens with zero attached hydrogens (tertiary/aromatic N) is 4. The van der Waals surface area contributed by atoms with Crippen LogP contribution in [0.4, 0.5) is 27.9 Å². The molecular weight excluding hydrogens is 368 g/mol. The molecule has 29 heavy (non-hydrogen) atoms. The van der Waals surface area contributed by atoms with Crippen molar-refractivity contribution in [3.8, 4) is 0 Å². The quantitative estimate of drug-likeness (QED) is 0.539. The Hall–Kier alpha value is -3.46. The summed E-state index contributed by atoms with van der Waals surface area (Å²) in [5.41, 5.74) is 3.57. The molecule has 9 nitrogen and oxygen atoms in total. The topological polar surface area (TPSA) is 107 Å². The van der Waals surface area contributed by atoms with Crippen molar-refractivity contribution in [3.05, 3.63) is 42.1 Å². The molecule has 3 heterocycles. The van der Waals surface area contributed by atoms with Crippen molar-refractivity contribution in [2.24, 2.45) is 0 Å². The van der Waals surface area contributed by atoms with E-state index in [0.29, 0.717) is 17.4 Å². The first-order valence-electron chi connectivity index (χ1n) is 9.58. The molecular formula is C20H24N8O. The summed E-state index contributed by atoms with van der Waals surface area (Å²) >= 11 is 0. The SMILES string of the molecule is CNC(=O)Nc1cc(C)c2cnc(Nc3ccc(N4CCNCC4)cc3)nc2n1. The number of aromatic nitrogens is 3. The minimum Gasteiger partial charge on any atom is -0.369 e. The van der Waals surface area contributed by atoms with Gasteiger partial charge in [0.25, 0.3) is 0 Å². The number of amides is 2. The number of hydrogen-bond acceptors (Lipinski definition) is 7. The van der Waals surface area contributed by atoms with E-state index >= 15 is 0 Å². The van der Waals surface area contributed by atoms with Crippen LogP contribution in [-0.2, 0) is 0 Å². The summed E-state index contributed by atoms with van der Waals surface area (Å²) in [7, 11) is 1.56. The fraction of sp³-hybridized carbons (Fsp3) is 0.300. The Morgan fingerprint density at radius 2 is 1.90 bits per heavy atom. The van der Waals surface area contributed by atoms with Crippen molar-refractivity contribution < 1.29 is 4.79 Å². The predicted molar refractivity (Wildman–Crippen MR) is 115 cm³/mol. The molecule has 3 aromatic rings. The third-order valence-corrected chi connectivity index (χ3v) is 4.85. The Morgan fingerprint density at radius 3 is 2.62 bits per heavy atom. The number of hydrogen-bond donors (Lipinski definition) is 4. The Kier molecular flexibility index (Phi) is 5.39. The molecule has 4 N–H and O–H groups in total. The van der Waals surface area contributed by atoms with Crippen LogP contribution in [0.2, 0.25) is 0 Å². The molecule has 150 valence electrons. The first-order valence-corrected chi connectivity index (χ1v) is 9.58. The third kappa shape index (κ3) is 4.35. The molecule has 1 aliphatic rings. The zero-order valence-corrected chi connectivity index (χ0v) is 16.5. The van der Waals surface area contributed by atoms with Crippen LogP contribution in [0.5, 0.6) is 0 Å². The summed E-state index contributed by atoms with van der Waals surface area (Å²) in [6.45, 7) is 5.97. The monoisotopic (exact) mass is 392 g/mol. The van der Waals surface area contributed by atoms with E-state index in [4.69, 9.17) is 0 Å². The van der Waals surface area contributed by atoms with E-state index in [1.807, 2.05) is 19.1 Å². The van der Waals surface area contributed by atoms with Gasteiger partial charge >= 0.3 is 6.03 Å². The summed E-state index contributed by atoms with van der Waals surface area (Å²) in [6, 6.07) is 9.71. The molecule has 0 saturated carbocycles. The Morgan fingerprint density at radius 1 is 1.14 bits per heavy atom. The predicted octanol–water partition coefficient (Wildman–Crippen LogP) is 2.24. The number of nitrogens with one attached hydrogen (secondary N) is 4. The first kappa shape index (κ1) is 18.9. The van der Waals surface area contributed by atoms with Gasteiger partial charge in [-0.2, -0.15) is 4.98 Å². The minimum atomic E-state index is -0.326. The highest BCUT2D eigenvalue weighted by Crippen LogP contribution is 2.22. The summed E-state index contributed by atoms with van der Waals surface area (Å²) in [5, 5.41) is 12.6. The number of fused-ring (bicyclic) bond motifs is 1. The summed E-state index contributed by atoms with van der Waals surface area (Å²) in [5.74, 6) is 0.899. The Balaban J connectivity index is 1.53. The summed E-state index contributed by atoms with van der Waals surface area (Å²) in [4.78, 5) is 27.3. The number of rotatable bonds is 4. The van der Waals surface area contributed by atoms with Gasteiger partial charge < -0.3 is 20.9 Å². The average molecular weight is 392 g/mol. The number of piperazine rings is 1. The maximum atomic E-state index is 11.6. The van der Waals surface area contributed by atoms with Crippen LogP contribution in [0.15, 0.2) is 36.5 Å². The molecule has 9 heteroatoms. The van der Waals surface area contributed by atoms with Crippen LogP contribution in [0.25, 0.3) is 11.0 Å². The lowest BCUT2D eigenvalue weighted by Crippen LogP contribution is -2.43. The molecule has 2 amide bonds. The van der Waals surface area contributed by atoms with Gasteiger partial charge in [0.15, 0.2) is 5.65 Å². The second-order valence-corrected chi connectivity index (χ2v) is 6.87. The second kappa shape index (κ2) is 8.27. The number of urea groups is 1. The number of carbonyl (C=O) groups excluding carboxylic acids is 1. The van der Waals surface area contributed by atoms with Gasteiger partial charge in [-0.25, -0.2) is 14.8 Å². The molecule has 0 unspecified atom stereocenters. The van der Waals surface area contributed by atoms with Crippen LogP contribution in [0.1, 0.15) is 5.56 Å². The normalized spacial score (nSPS) is 13.9. The van der Waals surface area contributed by atoms with Gasteiger partial charge in [0.1, 0.15) is 5.82 Å². The van der Waals surface area contributed by atoms with E-state index in [-0.39, 0.29) is 6.03 Å². The maximum absolute atomic E-state index is 11.6. The van der Waals surface area contributed by atoms with E-state index in [1.165, 1.54) is 5.69 Å². The fourth-order valence-corrected chi connectivity index (χ4v) is 3.28. The molecule has 0 radical (unpaired) electrons. The molecule has 1 fully saturated rings. The Labute approximate surface area is 168 Å². The van der Waals surface area contributed by atoms with Gasteiger partial charge in [-0.05, 0) is 42.8 Å². The second-order valence-electron chi connectivity index (χ2n) is 6.87. The van der Waals surface area contributed by atoms with E-state index in [0.717, 1.165) is 42.8 Å². The minimum absolute atomic E-state index is 0.326. The van der Waals surface area contributed by atoms with Crippen LogP contribution in [0, 0.1) is 6.92 Å². The van der Waals surface area contributed by atoms with Crippen LogP contribution in [-0.4, -0.2) is 54.2 Å². The third-order valence-electron chi connectivity index (χ3n) is 4.85. The van der Waals surface area contributed by atoms with Crippen molar-refractivity contribution >= 4 is 40.2 Å². The maximum Gasteiger partial charge on any atom is 0.320 e. The lowest BCUT2D eigenvalue weighted by Gasteiger charge is -2.29. The molecule has 0 aliphatic carbocycles. The standard InChI is InChI=1S/C20H24N8O/c1-13-11-17(26-20(29)21-2)25-18-16(13)12-23-19(27-18)24-14-3-5-15(6-4-14)28-9-7-22-8-10-28/h3-6,11-12,22H,7-10H2,1-2H3,(H3,21,23,24,25,26,27,29). The summed E-state index contributed by atoms with van der Waals surface area (Å²) < 4.78 is 0. The van der Waals surface area contributed by atoms with Gasteiger partial charge in [0.2, 0.25) is 5.95 Å². The first-order chi connectivity index (χ1) is 14.1. The molecule has 2 aromatic heterocycles. The molecule has 0 spiro atoms. The lowest BCUT2D eigenvalue weighted by molar-refractivity contribution is 0.254. The van der Waals surface area contributed by atoms with Crippen molar-refractivity contribution in [2.75, 3.05) is 48.8 Å². The number of benzene rings is 1. The zero-order valence-electron chi connectivity index (χ0n) is 16.5. The van der Waals surface area contributed by atoms with E-state index in [1.54, 1.807) is 19.3 Å². The zero-order chi connectivity index (χ0) is 20.2. The van der Waals surface area contributed by atoms with E-state index < -0.39 is 0 Å². The van der Waals surface area contributed by atoms with Crippen LogP contribution >= 0.6 is 0 Å². The smallest absolute Gasteiger partial charge is 0.320 e. The van der Waals surface area contributed by atoms with Crippen molar-refractivity contribution in [1.82, 2.24) is 25.6 Å².